The molecule has 2 atom stereocenters. The predicted molar refractivity (Wildman–Crippen MR) is 93.0 cm³/mol. The van der Waals surface area contributed by atoms with Crippen molar-refractivity contribution in [3.63, 3.8) is 0 Å². The SMILES string of the molecule is CC(C)Oc1cc2c(OCC3C[C@@H](F)C(=O)N3)nccc2cc1C(N)=O. The fourth-order valence-electron chi connectivity index (χ4n) is 2.83. The lowest BCUT2D eigenvalue weighted by Gasteiger charge is -2.16. The van der Waals surface area contributed by atoms with Gasteiger partial charge in [0, 0.05) is 18.0 Å². The number of hydrogen-bond acceptors (Lipinski definition) is 5. The number of primary amides is 1. The van der Waals surface area contributed by atoms with E-state index in [1.807, 2.05) is 13.8 Å². The van der Waals surface area contributed by atoms with Crippen molar-refractivity contribution in [1.29, 1.82) is 0 Å². The number of aromatic nitrogens is 1. The molecule has 1 saturated heterocycles. The maximum atomic E-state index is 13.3. The van der Waals surface area contributed by atoms with Crippen molar-refractivity contribution in [3.8, 4) is 11.6 Å². The molecular formula is C18H20FN3O4. The van der Waals surface area contributed by atoms with Gasteiger partial charge in [0.1, 0.15) is 12.4 Å². The van der Waals surface area contributed by atoms with E-state index < -0.39 is 24.0 Å². The van der Waals surface area contributed by atoms with Crippen molar-refractivity contribution in [3.05, 3.63) is 30.0 Å². The van der Waals surface area contributed by atoms with Crippen LogP contribution in [-0.2, 0) is 4.79 Å². The lowest BCUT2D eigenvalue weighted by atomic mass is 10.1. The third kappa shape index (κ3) is 3.68. The van der Waals surface area contributed by atoms with E-state index in [4.69, 9.17) is 15.2 Å². The Labute approximate surface area is 149 Å². The molecule has 7 nitrogen and oxygen atoms in total. The van der Waals surface area contributed by atoms with Crippen molar-refractivity contribution in [2.24, 2.45) is 5.73 Å². The Kier molecular flexibility index (Phi) is 4.92. The lowest BCUT2D eigenvalue weighted by Crippen LogP contribution is -2.31. The van der Waals surface area contributed by atoms with Gasteiger partial charge in [0.25, 0.3) is 11.8 Å². The number of nitrogens with one attached hydrogen (secondary N) is 1. The summed E-state index contributed by atoms with van der Waals surface area (Å²) in [6.07, 6.45) is -0.0525. The van der Waals surface area contributed by atoms with Crippen LogP contribution in [0.15, 0.2) is 24.4 Å². The van der Waals surface area contributed by atoms with Crippen LogP contribution in [0.2, 0.25) is 0 Å². The average Bonchev–Trinajstić information content (AvgIpc) is 2.89. The molecule has 138 valence electrons. The second-order valence-corrected chi connectivity index (χ2v) is 6.44. The second kappa shape index (κ2) is 7.15. The minimum atomic E-state index is -1.51. The number of amides is 2. The van der Waals surface area contributed by atoms with Gasteiger partial charge in [0.05, 0.1) is 17.7 Å². The number of hydrogen-bond donors (Lipinski definition) is 2. The van der Waals surface area contributed by atoms with Gasteiger partial charge in [0.2, 0.25) is 5.88 Å². The summed E-state index contributed by atoms with van der Waals surface area (Å²) in [5.74, 6) is -0.563. The van der Waals surface area contributed by atoms with E-state index >= 15 is 0 Å². The van der Waals surface area contributed by atoms with Gasteiger partial charge in [0.15, 0.2) is 6.17 Å². The van der Waals surface area contributed by atoms with Crippen molar-refractivity contribution in [2.45, 2.75) is 38.6 Å². The number of pyridine rings is 1. The number of nitrogens with zero attached hydrogens (tertiary/aromatic N) is 1. The lowest BCUT2D eigenvalue weighted by molar-refractivity contribution is -0.123. The molecule has 1 aliphatic heterocycles. The highest BCUT2D eigenvalue weighted by Crippen LogP contribution is 2.31. The molecule has 2 aromatic rings. The zero-order valence-corrected chi connectivity index (χ0v) is 14.5. The number of carbonyl (C=O) groups is 2. The van der Waals surface area contributed by atoms with Crippen LogP contribution in [-0.4, -0.2) is 41.7 Å². The first-order chi connectivity index (χ1) is 12.3. The third-order valence-corrected chi connectivity index (χ3v) is 4.00. The van der Waals surface area contributed by atoms with Crippen LogP contribution in [0.3, 0.4) is 0 Å². The Hall–Kier alpha value is -2.90. The molecule has 1 aromatic carbocycles. The molecule has 1 unspecified atom stereocenters. The molecule has 2 heterocycles. The molecule has 1 fully saturated rings. The first-order valence-electron chi connectivity index (χ1n) is 8.31. The van der Waals surface area contributed by atoms with E-state index in [1.165, 1.54) is 6.20 Å². The summed E-state index contributed by atoms with van der Waals surface area (Å²) in [5.41, 5.74) is 5.72. The smallest absolute Gasteiger partial charge is 0.254 e. The Bertz CT molecular complexity index is 856. The number of benzene rings is 1. The summed E-state index contributed by atoms with van der Waals surface area (Å²) in [6, 6.07) is 4.59. The zero-order chi connectivity index (χ0) is 18.8. The topological polar surface area (TPSA) is 104 Å². The molecule has 0 spiro atoms. The van der Waals surface area contributed by atoms with Gasteiger partial charge in [-0.2, -0.15) is 0 Å². The number of ether oxygens (including phenoxy) is 2. The molecule has 0 radical (unpaired) electrons. The molecule has 3 rings (SSSR count). The van der Waals surface area contributed by atoms with Gasteiger partial charge in [-0.1, -0.05) is 0 Å². The van der Waals surface area contributed by atoms with Gasteiger partial charge < -0.3 is 20.5 Å². The second-order valence-electron chi connectivity index (χ2n) is 6.44. The molecule has 26 heavy (non-hydrogen) atoms. The van der Waals surface area contributed by atoms with E-state index in [0.29, 0.717) is 22.4 Å². The molecular weight excluding hydrogens is 341 g/mol. The monoisotopic (exact) mass is 361 g/mol. The fourth-order valence-corrected chi connectivity index (χ4v) is 2.83. The Morgan fingerprint density at radius 3 is 2.85 bits per heavy atom. The van der Waals surface area contributed by atoms with Crippen LogP contribution in [0.4, 0.5) is 4.39 Å². The normalized spacial score (nSPS) is 19.6. The fraction of sp³-hybridized carbons (Fsp3) is 0.389. The highest BCUT2D eigenvalue weighted by atomic mass is 19.1. The van der Waals surface area contributed by atoms with Gasteiger partial charge in [-0.3, -0.25) is 9.59 Å². The largest absolute Gasteiger partial charge is 0.490 e. The van der Waals surface area contributed by atoms with E-state index in [0.717, 1.165) is 0 Å². The summed E-state index contributed by atoms with van der Waals surface area (Å²) in [6.45, 7) is 3.77. The number of rotatable bonds is 6. The molecule has 3 N–H and O–H groups in total. The zero-order valence-electron chi connectivity index (χ0n) is 14.5. The van der Waals surface area contributed by atoms with E-state index in [1.54, 1.807) is 18.2 Å². The minimum absolute atomic E-state index is 0.0666. The van der Waals surface area contributed by atoms with Crippen molar-refractivity contribution in [2.75, 3.05) is 6.61 Å². The van der Waals surface area contributed by atoms with E-state index in [2.05, 4.69) is 10.3 Å². The summed E-state index contributed by atoms with van der Waals surface area (Å²) in [7, 11) is 0. The molecule has 0 bridgehead atoms. The number of nitrogens with two attached hydrogens (primary N) is 1. The van der Waals surface area contributed by atoms with Crippen molar-refractivity contribution >= 4 is 22.6 Å². The van der Waals surface area contributed by atoms with Gasteiger partial charge in [-0.15, -0.1) is 0 Å². The number of fused-ring (bicyclic) bond motifs is 1. The standard InChI is InChI=1S/C18H20FN3O4/c1-9(2)26-15-7-12-10(5-13(15)16(20)23)3-4-21-18(12)25-8-11-6-14(19)17(24)22-11/h3-5,7,9,11,14H,6,8H2,1-2H3,(H2,20,23)(H,22,24)/t11?,14-/m1/s1. The van der Waals surface area contributed by atoms with Crippen LogP contribution in [0, 0.1) is 0 Å². The number of alkyl halides is 1. The summed E-state index contributed by atoms with van der Waals surface area (Å²) < 4.78 is 24.7. The number of halogens is 1. The van der Waals surface area contributed by atoms with Crippen LogP contribution in [0.25, 0.3) is 10.8 Å². The molecule has 0 aliphatic carbocycles. The van der Waals surface area contributed by atoms with Crippen LogP contribution < -0.4 is 20.5 Å². The summed E-state index contributed by atoms with van der Waals surface area (Å²) >= 11 is 0. The molecule has 2 amide bonds. The highest BCUT2D eigenvalue weighted by molar-refractivity contribution is 6.01. The molecule has 0 saturated carbocycles. The first kappa shape index (κ1) is 17.9. The maximum Gasteiger partial charge on any atom is 0.254 e. The van der Waals surface area contributed by atoms with Crippen molar-refractivity contribution < 1.29 is 23.5 Å². The summed E-state index contributed by atoms with van der Waals surface area (Å²) in [4.78, 5) is 27.2. The van der Waals surface area contributed by atoms with E-state index in [-0.39, 0.29) is 24.7 Å². The molecule has 8 heteroatoms. The van der Waals surface area contributed by atoms with Gasteiger partial charge in [-0.25, -0.2) is 9.37 Å². The summed E-state index contributed by atoms with van der Waals surface area (Å²) in [5, 5.41) is 3.87. The minimum Gasteiger partial charge on any atom is -0.490 e. The Balaban J connectivity index is 1.90. The van der Waals surface area contributed by atoms with Crippen LogP contribution >= 0.6 is 0 Å². The maximum absolute atomic E-state index is 13.3. The molecule has 1 aromatic heterocycles. The number of carbonyl (C=O) groups excluding carboxylic acids is 2. The molecule has 1 aliphatic rings. The third-order valence-electron chi connectivity index (χ3n) is 4.00. The Morgan fingerprint density at radius 2 is 2.23 bits per heavy atom. The average molecular weight is 361 g/mol. The van der Waals surface area contributed by atoms with Gasteiger partial charge >= 0.3 is 0 Å². The van der Waals surface area contributed by atoms with Crippen LogP contribution in [0.5, 0.6) is 11.6 Å². The van der Waals surface area contributed by atoms with Crippen molar-refractivity contribution in [1.82, 2.24) is 10.3 Å². The first-order valence-corrected chi connectivity index (χ1v) is 8.31. The van der Waals surface area contributed by atoms with E-state index in [9.17, 15) is 14.0 Å². The van der Waals surface area contributed by atoms with Crippen LogP contribution in [0.1, 0.15) is 30.6 Å². The van der Waals surface area contributed by atoms with Gasteiger partial charge in [-0.05, 0) is 37.4 Å². The predicted octanol–water partition coefficient (Wildman–Crippen LogP) is 1.73. The Morgan fingerprint density at radius 1 is 1.46 bits per heavy atom. The highest BCUT2D eigenvalue weighted by Gasteiger charge is 2.32. The quantitative estimate of drug-likeness (QED) is 0.815.